The van der Waals surface area contributed by atoms with Gasteiger partial charge in [-0.2, -0.15) is 0 Å². The van der Waals surface area contributed by atoms with Gasteiger partial charge in [0.2, 0.25) is 5.91 Å². The summed E-state index contributed by atoms with van der Waals surface area (Å²) in [6, 6.07) is 3.05. The molecule has 0 saturated carbocycles. The Balaban J connectivity index is 2.22. The average Bonchev–Trinajstić information content (AvgIpc) is 2.40. The van der Waals surface area contributed by atoms with Gasteiger partial charge in [0.1, 0.15) is 11.6 Å². The van der Waals surface area contributed by atoms with Gasteiger partial charge >= 0.3 is 6.09 Å². The van der Waals surface area contributed by atoms with Crippen molar-refractivity contribution in [2.45, 2.75) is 38.8 Å². The van der Waals surface area contributed by atoms with Gasteiger partial charge in [-0.15, -0.1) is 0 Å². The molecule has 1 aromatic rings. The van der Waals surface area contributed by atoms with E-state index in [-0.39, 0.29) is 5.91 Å². The molecule has 0 fully saturated rings. The number of likely N-dealkylation sites (N-methyl/N-ethyl adjacent to an activating group) is 2. The molecule has 0 aromatic carbocycles. The number of carbonyl (C=O) groups excluding carboxylic acids is 2. The minimum absolute atomic E-state index is 0.135. The van der Waals surface area contributed by atoms with Crippen molar-refractivity contribution in [1.82, 2.24) is 9.88 Å². The van der Waals surface area contributed by atoms with E-state index in [4.69, 9.17) is 4.74 Å². The maximum Gasteiger partial charge on any atom is 0.410 e. The Morgan fingerprint density at radius 2 is 2.14 bits per heavy atom. The summed E-state index contributed by atoms with van der Waals surface area (Å²) in [5.74, 6) is -0.135. The van der Waals surface area contributed by atoms with Crippen molar-refractivity contribution in [1.29, 1.82) is 0 Å². The monoisotopic (exact) mass is 291 g/mol. The second-order valence-corrected chi connectivity index (χ2v) is 6.18. The van der Waals surface area contributed by atoms with Crippen LogP contribution >= 0.6 is 0 Å². The lowest BCUT2D eigenvalue weighted by atomic mass is 10.0. The number of amides is 2. The van der Waals surface area contributed by atoms with Gasteiger partial charge < -0.3 is 9.64 Å². The van der Waals surface area contributed by atoms with Crippen molar-refractivity contribution in [3.8, 4) is 0 Å². The van der Waals surface area contributed by atoms with Crippen LogP contribution in [0, 0.1) is 0 Å². The predicted octanol–water partition coefficient (Wildman–Crippen LogP) is 1.84. The van der Waals surface area contributed by atoms with Gasteiger partial charge in [-0.3, -0.25) is 14.7 Å². The smallest absolute Gasteiger partial charge is 0.410 e. The van der Waals surface area contributed by atoms with Crippen LogP contribution in [0.3, 0.4) is 0 Å². The average molecular weight is 291 g/mol. The zero-order chi connectivity index (χ0) is 15.8. The topological polar surface area (TPSA) is 62.7 Å². The lowest BCUT2D eigenvalue weighted by Gasteiger charge is -2.36. The van der Waals surface area contributed by atoms with Crippen molar-refractivity contribution < 1.29 is 14.3 Å². The summed E-state index contributed by atoms with van der Waals surface area (Å²) in [5.41, 5.74) is 1.00. The van der Waals surface area contributed by atoms with Gasteiger partial charge in [-0.05, 0) is 32.9 Å². The number of rotatable bonds is 1. The zero-order valence-electron chi connectivity index (χ0n) is 13.1. The molecule has 21 heavy (non-hydrogen) atoms. The minimum atomic E-state index is -0.592. The normalized spacial score (nSPS) is 18.2. The quantitative estimate of drug-likeness (QED) is 0.792. The van der Waals surface area contributed by atoms with Gasteiger partial charge in [0.25, 0.3) is 0 Å². The largest absolute Gasteiger partial charge is 0.444 e. The van der Waals surface area contributed by atoms with Gasteiger partial charge in [0.15, 0.2) is 0 Å². The molecule has 2 heterocycles. The molecule has 114 valence electrons. The number of aromatic nitrogens is 1. The van der Waals surface area contributed by atoms with Crippen LogP contribution in [0.5, 0.6) is 0 Å². The zero-order valence-corrected chi connectivity index (χ0v) is 13.1. The maximum atomic E-state index is 12.4. The highest BCUT2D eigenvalue weighted by Crippen LogP contribution is 2.27. The van der Waals surface area contributed by atoms with E-state index in [1.807, 2.05) is 6.07 Å². The Hall–Kier alpha value is -2.11. The van der Waals surface area contributed by atoms with E-state index in [1.54, 1.807) is 47.1 Å². The van der Waals surface area contributed by atoms with Crippen LogP contribution in [0.2, 0.25) is 0 Å². The fraction of sp³-hybridized carbons (Fsp3) is 0.533. The lowest BCUT2D eigenvalue weighted by molar-refractivity contribution is -0.123. The highest BCUT2D eigenvalue weighted by Gasteiger charge is 2.37. The summed E-state index contributed by atoms with van der Waals surface area (Å²) >= 11 is 0. The number of fused-ring (bicyclic) bond motifs is 1. The van der Waals surface area contributed by atoms with Crippen LogP contribution in [-0.4, -0.2) is 47.6 Å². The number of hydrogen-bond acceptors (Lipinski definition) is 4. The van der Waals surface area contributed by atoms with Crippen molar-refractivity contribution in [2.24, 2.45) is 0 Å². The lowest BCUT2D eigenvalue weighted by Crippen LogP contribution is -2.53. The molecule has 0 bridgehead atoms. The third-order valence-electron chi connectivity index (χ3n) is 3.38. The van der Waals surface area contributed by atoms with E-state index in [0.717, 1.165) is 11.4 Å². The van der Waals surface area contributed by atoms with E-state index >= 15 is 0 Å². The molecule has 2 amide bonds. The van der Waals surface area contributed by atoms with Crippen LogP contribution in [0.15, 0.2) is 18.3 Å². The number of hydrogen-bond donors (Lipinski definition) is 0. The van der Waals surface area contributed by atoms with E-state index in [0.29, 0.717) is 6.42 Å². The van der Waals surface area contributed by atoms with Crippen LogP contribution in [-0.2, 0) is 16.0 Å². The molecule has 2 rings (SSSR count). The van der Waals surface area contributed by atoms with Gasteiger partial charge in [0, 0.05) is 26.7 Å². The second kappa shape index (κ2) is 5.35. The summed E-state index contributed by atoms with van der Waals surface area (Å²) in [6.07, 6.45) is 1.58. The number of ether oxygens (including phenoxy) is 1. The fourth-order valence-corrected chi connectivity index (χ4v) is 2.27. The molecule has 1 aliphatic rings. The molecule has 1 atom stereocenters. The standard InChI is InChI=1S/C15H21N3O3/c1-15(2,3)21-14(20)18(5)12-9-10-11(7-6-8-16-10)17(4)13(12)19/h6-8,12H,9H2,1-5H3. The van der Waals surface area contributed by atoms with Crippen LogP contribution in [0.4, 0.5) is 10.5 Å². The summed E-state index contributed by atoms with van der Waals surface area (Å²) in [6.45, 7) is 5.39. The Labute approximate surface area is 124 Å². The molecule has 0 spiro atoms. The molecular weight excluding hydrogens is 270 g/mol. The van der Waals surface area contributed by atoms with E-state index in [2.05, 4.69) is 4.98 Å². The Morgan fingerprint density at radius 3 is 2.76 bits per heavy atom. The number of anilines is 1. The second-order valence-electron chi connectivity index (χ2n) is 6.18. The van der Waals surface area contributed by atoms with Gasteiger partial charge in [-0.1, -0.05) is 0 Å². The molecule has 6 heteroatoms. The van der Waals surface area contributed by atoms with Crippen molar-refractivity contribution >= 4 is 17.7 Å². The molecule has 0 saturated heterocycles. The van der Waals surface area contributed by atoms with Gasteiger partial charge in [0.05, 0.1) is 11.4 Å². The summed E-state index contributed by atoms with van der Waals surface area (Å²) in [5, 5.41) is 0. The van der Waals surface area contributed by atoms with Crippen molar-refractivity contribution in [3.63, 3.8) is 0 Å². The number of pyridine rings is 1. The summed E-state index contributed by atoms with van der Waals surface area (Å²) < 4.78 is 5.32. The molecule has 0 N–H and O–H groups in total. The third-order valence-corrected chi connectivity index (χ3v) is 3.38. The van der Waals surface area contributed by atoms with E-state index < -0.39 is 17.7 Å². The van der Waals surface area contributed by atoms with Crippen LogP contribution < -0.4 is 4.90 Å². The highest BCUT2D eigenvalue weighted by molar-refractivity contribution is 6.00. The maximum absolute atomic E-state index is 12.4. The summed E-state index contributed by atoms with van der Waals surface area (Å²) in [4.78, 5) is 31.8. The molecule has 0 radical (unpaired) electrons. The number of nitrogens with zero attached hydrogens (tertiary/aromatic N) is 3. The van der Waals surface area contributed by atoms with E-state index in [9.17, 15) is 9.59 Å². The first kappa shape index (κ1) is 15.3. The molecule has 0 aliphatic carbocycles. The summed E-state index contributed by atoms with van der Waals surface area (Å²) in [7, 11) is 3.27. The molecule has 6 nitrogen and oxygen atoms in total. The first-order chi connectivity index (χ1) is 9.70. The third kappa shape index (κ3) is 3.15. The minimum Gasteiger partial charge on any atom is -0.444 e. The first-order valence-electron chi connectivity index (χ1n) is 6.88. The predicted molar refractivity (Wildman–Crippen MR) is 79.1 cm³/mol. The van der Waals surface area contributed by atoms with E-state index in [1.165, 1.54) is 9.80 Å². The molecule has 1 unspecified atom stereocenters. The SMILES string of the molecule is CN1C(=O)C(N(C)C(=O)OC(C)(C)C)Cc2ncccc21. The van der Waals surface area contributed by atoms with Crippen molar-refractivity contribution in [3.05, 3.63) is 24.0 Å². The van der Waals surface area contributed by atoms with Crippen LogP contribution in [0.1, 0.15) is 26.5 Å². The molecular formula is C15H21N3O3. The Morgan fingerprint density at radius 1 is 1.48 bits per heavy atom. The Kier molecular flexibility index (Phi) is 3.89. The van der Waals surface area contributed by atoms with Crippen molar-refractivity contribution in [2.75, 3.05) is 19.0 Å². The number of carbonyl (C=O) groups is 2. The molecule has 1 aromatic heterocycles. The Bertz CT molecular complexity index is 566. The highest BCUT2D eigenvalue weighted by atomic mass is 16.6. The van der Waals surface area contributed by atoms with Gasteiger partial charge in [-0.25, -0.2) is 4.79 Å². The van der Waals surface area contributed by atoms with Crippen LogP contribution in [0.25, 0.3) is 0 Å². The molecule has 1 aliphatic heterocycles. The fourth-order valence-electron chi connectivity index (χ4n) is 2.27. The first-order valence-corrected chi connectivity index (χ1v) is 6.88.